The molecule has 0 unspecified atom stereocenters. The van der Waals surface area contributed by atoms with Crippen molar-refractivity contribution in [2.45, 2.75) is 57.4 Å². The van der Waals surface area contributed by atoms with Crippen molar-refractivity contribution < 1.29 is 9.53 Å². The maximum atomic E-state index is 11.5. The minimum Gasteiger partial charge on any atom is -0.497 e. The first-order valence-corrected chi connectivity index (χ1v) is 7.55. The Kier molecular flexibility index (Phi) is 5.05. The van der Waals surface area contributed by atoms with E-state index in [1.807, 2.05) is 12.1 Å². The van der Waals surface area contributed by atoms with E-state index in [1.165, 1.54) is 24.8 Å². The predicted octanol–water partition coefficient (Wildman–Crippen LogP) is 3.47. The molecule has 0 bridgehead atoms. The molecule has 1 aromatic carbocycles. The van der Waals surface area contributed by atoms with Gasteiger partial charge in [-0.1, -0.05) is 31.4 Å². The Morgan fingerprint density at radius 3 is 2.70 bits per heavy atom. The van der Waals surface area contributed by atoms with Gasteiger partial charge in [-0.25, -0.2) is 0 Å². The number of amides is 1. The van der Waals surface area contributed by atoms with E-state index in [2.05, 4.69) is 17.4 Å². The molecule has 0 aliphatic heterocycles. The van der Waals surface area contributed by atoms with Crippen LogP contribution < -0.4 is 10.1 Å². The fourth-order valence-electron chi connectivity index (χ4n) is 3.25. The van der Waals surface area contributed by atoms with Crippen molar-refractivity contribution in [2.75, 3.05) is 7.11 Å². The molecule has 0 spiro atoms. The van der Waals surface area contributed by atoms with E-state index < -0.39 is 0 Å². The Morgan fingerprint density at radius 1 is 1.30 bits per heavy atom. The van der Waals surface area contributed by atoms with Crippen LogP contribution in [-0.2, 0) is 11.2 Å². The van der Waals surface area contributed by atoms with Gasteiger partial charge in [0.15, 0.2) is 0 Å². The van der Waals surface area contributed by atoms with Crippen LogP contribution in [-0.4, -0.2) is 18.6 Å². The van der Waals surface area contributed by atoms with Gasteiger partial charge in [-0.15, -0.1) is 0 Å². The zero-order valence-corrected chi connectivity index (χ0v) is 12.6. The van der Waals surface area contributed by atoms with Gasteiger partial charge in [0, 0.05) is 12.5 Å². The summed E-state index contributed by atoms with van der Waals surface area (Å²) < 4.78 is 5.27. The molecule has 1 aliphatic carbocycles. The van der Waals surface area contributed by atoms with Crippen LogP contribution in [0.4, 0.5) is 0 Å². The van der Waals surface area contributed by atoms with Gasteiger partial charge in [0.05, 0.1) is 7.11 Å². The zero-order valence-electron chi connectivity index (χ0n) is 12.6. The number of methoxy groups -OCH3 is 1. The summed E-state index contributed by atoms with van der Waals surface area (Å²) in [6, 6.07) is 8.21. The molecule has 0 atom stereocenters. The Bertz CT molecular complexity index is 450. The number of aryl methyl sites for hydroxylation is 1. The third-order valence-corrected chi connectivity index (χ3v) is 4.28. The van der Waals surface area contributed by atoms with Crippen molar-refractivity contribution >= 4 is 5.91 Å². The SMILES string of the molecule is COc1cccc(CCC2(NC(C)=O)CCCCC2)c1. The maximum Gasteiger partial charge on any atom is 0.217 e. The third kappa shape index (κ3) is 3.99. The maximum absolute atomic E-state index is 11.5. The second kappa shape index (κ2) is 6.78. The molecule has 1 saturated carbocycles. The van der Waals surface area contributed by atoms with E-state index in [0.717, 1.165) is 31.4 Å². The predicted molar refractivity (Wildman–Crippen MR) is 80.9 cm³/mol. The lowest BCUT2D eigenvalue weighted by molar-refractivity contribution is -0.121. The van der Waals surface area contributed by atoms with E-state index in [0.29, 0.717) is 0 Å². The van der Waals surface area contributed by atoms with E-state index in [4.69, 9.17) is 4.74 Å². The fraction of sp³-hybridized carbons (Fsp3) is 0.588. The number of carbonyl (C=O) groups is 1. The van der Waals surface area contributed by atoms with Crippen molar-refractivity contribution in [1.29, 1.82) is 0 Å². The molecule has 20 heavy (non-hydrogen) atoms. The average Bonchev–Trinajstić information content (AvgIpc) is 2.46. The van der Waals surface area contributed by atoms with Gasteiger partial charge in [0.1, 0.15) is 5.75 Å². The quantitative estimate of drug-likeness (QED) is 0.893. The highest BCUT2D eigenvalue weighted by molar-refractivity contribution is 5.73. The van der Waals surface area contributed by atoms with Crippen LogP contribution in [0.3, 0.4) is 0 Å². The monoisotopic (exact) mass is 275 g/mol. The summed E-state index contributed by atoms with van der Waals surface area (Å²) in [5.74, 6) is 0.997. The minimum atomic E-state index is 0.00710. The lowest BCUT2D eigenvalue weighted by Gasteiger charge is -2.38. The number of carbonyl (C=O) groups excluding carboxylic acids is 1. The molecular formula is C17H25NO2. The van der Waals surface area contributed by atoms with Crippen LogP contribution in [0.5, 0.6) is 5.75 Å². The molecular weight excluding hydrogens is 250 g/mol. The van der Waals surface area contributed by atoms with Crippen molar-refractivity contribution in [1.82, 2.24) is 5.32 Å². The first-order chi connectivity index (χ1) is 9.63. The molecule has 1 N–H and O–H groups in total. The second-order valence-electron chi connectivity index (χ2n) is 5.87. The number of benzene rings is 1. The van der Waals surface area contributed by atoms with E-state index in [9.17, 15) is 4.79 Å². The summed E-state index contributed by atoms with van der Waals surface area (Å²) in [7, 11) is 1.69. The molecule has 0 aromatic heterocycles. The Balaban J connectivity index is 2.02. The van der Waals surface area contributed by atoms with Crippen molar-refractivity contribution in [3.8, 4) is 5.75 Å². The van der Waals surface area contributed by atoms with Crippen molar-refractivity contribution in [2.24, 2.45) is 0 Å². The van der Waals surface area contributed by atoms with Crippen molar-refractivity contribution in [3.63, 3.8) is 0 Å². The van der Waals surface area contributed by atoms with Gasteiger partial charge >= 0.3 is 0 Å². The number of ether oxygens (including phenoxy) is 1. The molecule has 0 saturated heterocycles. The second-order valence-corrected chi connectivity index (χ2v) is 5.87. The van der Waals surface area contributed by atoms with Gasteiger partial charge < -0.3 is 10.1 Å². The first kappa shape index (κ1) is 14.9. The summed E-state index contributed by atoms with van der Waals surface area (Å²) in [6.07, 6.45) is 7.95. The summed E-state index contributed by atoms with van der Waals surface area (Å²) in [5.41, 5.74) is 1.28. The normalized spacial score (nSPS) is 17.5. The number of hydrogen-bond acceptors (Lipinski definition) is 2. The number of rotatable bonds is 5. The molecule has 1 aliphatic rings. The highest BCUT2D eigenvalue weighted by atomic mass is 16.5. The van der Waals surface area contributed by atoms with Crippen molar-refractivity contribution in [3.05, 3.63) is 29.8 Å². The van der Waals surface area contributed by atoms with Gasteiger partial charge in [0.25, 0.3) is 0 Å². The van der Waals surface area contributed by atoms with Crippen LogP contribution in [0.25, 0.3) is 0 Å². The topological polar surface area (TPSA) is 38.3 Å². The summed E-state index contributed by atoms with van der Waals surface area (Å²) in [4.78, 5) is 11.5. The minimum absolute atomic E-state index is 0.00710. The third-order valence-electron chi connectivity index (χ3n) is 4.28. The van der Waals surface area contributed by atoms with Gasteiger partial charge in [-0.3, -0.25) is 4.79 Å². The van der Waals surface area contributed by atoms with Crippen LogP contribution in [0, 0.1) is 0 Å². The molecule has 1 amide bonds. The molecule has 3 heteroatoms. The molecule has 1 aromatic rings. The number of hydrogen-bond donors (Lipinski definition) is 1. The van der Waals surface area contributed by atoms with Gasteiger partial charge in [0.2, 0.25) is 5.91 Å². The van der Waals surface area contributed by atoms with E-state index >= 15 is 0 Å². The summed E-state index contributed by atoms with van der Waals surface area (Å²) in [5, 5.41) is 3.22. The van der Waals surface area contributed by atoms with Crippen LogP contribution in [0.1, 0.15) is 51.0 Å². The van der Waals surface area contributed by atoms with E-state index in [-0.39, 0.29) is 11.4 Å². The van der Waals surface area contributed by atoms with Gasteiger partial charge in [-0.2, -0.15) is 0 Å². The Hall–Kier alpha value is -1.51. The molecule has 1 fully saturated rings. The summed E-state index contributed by atoms with van der Waals surface area (Å²) >= 11 is 0. The molecule has 3 nitrogen and oxygen atoms in total. The van der Waals surface area contributed by atoms with Crippen LogP contribution in [0.15, 0.2) is 24.3 Å². The molecule has 110 valence electrons. The van der Waals surface area contributed by atoms with Gasteiger partial charge in [-0.05, 0) is 43.4 Å². The van der Waals surface area contributed by atoms with Crippen LogP contribution in [0.2, 0.25) is 0 Å². The lowest BCUT2D eigenvalue weighted by Crippen LogP contribution is -2.49. The highest BCUT2D eigenvalue weighted by Crippen LogP contribution is 2.32. The zero-order chi connectivity index (χ0) is 14.4. The fourth-order valence-corrected chi connectivity index (χ4v) is 3.25. The molecule has 2 rings (SSSR count). The lowest BCUT2D eigenvalue weighted by atomic mass is 9.77. The number of nitrogens with one attached hydrogen (secondary N) is 1. The average molecular weight is 275 g/mol. The van der Waals surface area contributed by atoms with Crippen LogP contribution >= 0.6 is 0 Å². The van der Waals surface area contributed by atoms with E-state index in [1.54, 1.807) is 14.0 Å². The standard InChI is InChI=1S/C17H25NO2/c1-14(19)18-17(10-4-3-5-11-17)12-9-15-7-6-8-16(13-15)20-2/h6-8,13H,3-5,9-12H2,1-2H3,(H,18,19). The summed E-state index contributed by atoms with van der Waals surface area (Å²) in [6.45, 7) is 1.63. The smallest absolute Gasteiger partial charge is 0.217 e. The molecule has 0 radical (unpaired) electrons. The Labute approximate surface area is 121 Å². The molecule has 0 heterocycles. The Morgan fingerprint density at radius 2 is 2.05 bits per heavy atom. The first-order valence-electron chi connectivity index (χ1n) is 7.55. The highest BCUT2D eigenvalue weighted by Gasteiger charge is 2.32. The largest absolute Gasteiger partial charge is 0.497 e.